The van der Waals surface area contributed by atoms with Crippen LogP contribution in [0, 0.1) is 0 Å². The molecule has 1 heterocycles. The van der Waals surface area contributed by atoms with Crippen molar-refractivity contribution in [1.29, 1.82) is 0 Å². The molecule has 2 aromatic rings. The van der Waals surface area contributed by atoms with Crippen molar-refractivity contribution < 1.29 is 4.74 Å². The van der Waals surface area contributed by atoms with E-state index in [0.29, 0.717) is 17.3 Å². The summed E-state index contributed by atoms with van der Waals surface area (Å²) in [5, 5.41) is 4.20. The summed E-state index contributed by atoms with van der Waals surface area (Å²) in [5.41, 5.74) is 7.18. The minimum absolute atomic E-state index is 0.586. The molecular weight excluding hydrogens is 192 g/mol. The fraction of sp³-hybridized carbons (Fsp3) is 0.200. The third-order valence-electron chi connectivity index (χ3n) is 2.09. The summed E-state index contributed by atoms with van der Waals surface area (Å²) in [6.07, 6.45) is 1.64. The molecule has 1 aromatic heterocycles. The summed E-state index contributed by atoms with van der Waals surface area (Å²) in [4.78, 5) is 4.15. The molecule has 0 atom stereocenters. The van der Waals surface area contributed by atoms with Crippen molar-refractivity contribution in [3.05, 3.63) is 24.5 Å². The number of rotatable bonds is 2. The van der Waals surface area contributed by atoms with Crippen LogP contribution in [0.4, 0.5) is 5.69 Å². The SMILES string of the molecule is COc1c(N)cccc1-c1ncn(C)n1. The predicted octanol–water partition coefficient (Wildman–Crippen LogP) is 1.07. The van der Waals surface area contributed by atoms with Crippen molar-refractivity contribution in [2.75, 3.05) is 12.8 Å². The van der Waals surface area contributed by atoms with Gasteiger partial charge in [0, 0.05) is 7.05 Å². The fourth-order valence-corrected chi connectivity index (χ4v) is 1.42. The quantitative estimate of drug-likeness (QED) is 0.743. The van der Waals surface area contributed by atoms with Crippen LogP contribution in [0.2, 0.25) is 0 Å². The molecule has 2 N–H and O–H groups in total. The standard InChI is InChI=1S/C10H12N4O/c1-14-6-12-10(13-14)7-4-3-5-8(11)9(7)15-2/h3-6H,11H2,1-2H3. The van der Waals surface area contributed by atoms with Crippen molar-refractivity contribution in [3.8, 4) is 17.1 Å². The van der Waals surface area contributed by atoms with Gasteiger partial charge in [-0.2, -0.15) is 5.10 Å². The van der Waals surface area contributed by atoms with Gasteiger partial charge < -0.3 is 10.5 Å². The number of ether oxygens (including phenoxy) is 1. The number of anilines is 1. The topological polar surface area (TPSA) is 66.0 Å². The number of nitrogen functional groups attached to an aromatic ring is 1. The van der Waals surface area contributed by atoms with Crippen LogP contribution in [0.1, 0.15) is 0 Å². The molecule has 0 unspecified atom stereocenters. The molecule has 5 heteroatoms. The highest BCUT2D eigenvalue weighted by molar-refractivity contribution is 5.72. The summed E-state index contributed by atoms with van der Waals surface area (Å²) < 4.78 is 6.86. The van der Waals surface area contributed by atoms with Crippen LogP contribution in [0.3, 0.4) is 0 Å². The summed E-state index contributed by atoms with van der Waals surface area (Å²) in [5.74, 6) is 1.23. The largest absolute Gasteiger partial charge is 0.494 e. The third kappa shape index (κ3) is 1.63. The average Bonchev–Trinajstić information content (AvgIpc) is 2.64. The molecule has 0 spiro atoms. The third-order valence-corrected chi connectivity index (χ3v) is 2.09. The summed E-state index contributed by atoms with van der Waals surface area (Å²) >= 11 is 0. The highest BCUT2D eigenvalue weighted by atomic mass is 16.5. The second-order valence-electron chi connectivity index (χ2n) is 3.17. The van der Waals surface area contributed by atoms with E-state index in [1.165, 1.54) is 0 Å². The maximum Gasteiger partial charge on any atom is 0.184 e. The number of para-hydroxylation sites is 1. The second-order valence-corrected chi connectivity index (χ2v) is 3.17. The van der Waals surface area contributed by atoms with Gasteiger partial charge in [-0.3, -0.25) is 4.68 Å². The van der Waals surface area contributed by atoms with E-state index >= 15 is 0 Å². The number of methoxy groups -OCH3 is 1. The van der Waals surface area contributed by atoms with Crippen molar-refractivity contribution in [2.45, 2.75) is 0 Å². The maximum absolute atomic E-state index is 5.79. The van der Waals surface area contributed by atoms with Gasteiger partial charge in [-0.1, -0.05) is 6.07 Å². The zero-order valence-corrected chi connectivity index (χ0v) is 8.64. The van der Waals surface area contributed by atoms with E-state index in [2.05, 4.69) is 10.1 Å². The maximum atomic E-state index is 5.79. The molecule has 0 amide bonds. The Morgan fingerprint density at radius 2 is 2.20 bits per heavy atom. The molecule has 15 heavy (non-hydrogen) atoms. The molecule has 0 radical (unpaired) electrons. The number of nitrogens with zero attached hydrogens (tertiary/aromatic N) is 3. The van der Waals surface area contributed by atoms with Crippen LogP contribution in [-0.2, 0) is 7.05 Å². The van der Waals surface area contributed by atoms with E-state index in [1.54, 1.807) is 24.2 Å². The van der Waals surface area contributed by atoms with Crippen LogP contribution in [0.5, 0.6) is 5.75 Å². The summed E-state index contributed by atoms with van der Waals surface area (Å²) in [6, 6.07) is 5.51. The van der Waals surface area contributed by atoms with E-state index in [0.717, 1.165) is 5.56 Å². The van der Waals surface area contributed by atoms with Gasteiger partial charge in [0.25, 0.3) is 0 Å². The smallest absolute Gasteiger partial charge is 0.184 e. The summed E-state index contributed by atoms with van der Waals surface area (Å²) in [7, 11) is 3.40. The molecule has 0 aliphatic heterocycles. The minimum Gasteiger partial charge on any atom is -0.494 e. The lowest BCUT2D eigenvalue weighted by molar-refractivity contribution is 0.418. The number of hydrogen-bond donors (Lipinski definition) is 1. The first-order valence-corrected chi connectivity index (χ1v) is 4.51. The van der Waals surface area contributed by atoms with Crippen LogP contribution in [0.25, 0.3) is 11.4 Å². The Morgan fingerprint density at radius 1 is 1.40 bits per heavy atom. The Balaban J connectivity index is 2.57. The monoisotopic (exact) mass is 204 g/mol. The van der Waals surface area contributed by atoms with E-state index < -0.39 is 0 Å². The fourth-order valence-electron chi connectivity index (χ4n) is 1.42. The molecule has 5 nitrogen and oxygen atoms in total. The van der Waals surface area contributed by atoms with E-state index in [4.69, 9.17) is 10.5 Å². The molecule has 1 aromatic carbocycles. The Bertz CT molecular complexity index is 478. The Hall–Kier alpha value is -2.04. The molecule has 0 saturated heterocycles. The number of hydrogen-bond acceptors (Lipinski definition) is 4. The van der Waals surface area contributed by atoms with Crippen molar-refractivity contribution in [3.63, 3.8) is 0 Å². The van der Waals surface area contributed by atoms with Crippen LogP contribution < -0.4 is 10.5 Å². The number of nitrogens with two attached hydrogens (primary N) is 1. The lowest BCUT2D eigenvalue weighted by atomic mass is 10.1. The molecule has 0 bridgehead atoms. The van der Waals surface area contributed by atoms with Crippen molar-refractivity contribution >= 4 is 5.69 Å². The predicted molar refractivity (Wildman–Crippen MR) is 57.4 cm³/mol. The molecule has 0 aliphatic carbocycles. The van der Waals surface area contributed by atoms with Gasteiger partial charge in [-0.15, -0.1) is 0 Å². The molecule has 0 fully saturated rings. The molecule has 78 valence electrons. The van der Waals surface area contributed by atoms with Gasteiger partial charge in [0.15, 0.2) is 11.6 Å². The molecule has 2 rings (SSSR count). The highest BCUT2D eigenvalue weighted by Gasteiger charge is 2.11. The Morgan fingerprint density at radius 3 is 2.80 bits per heavy atom. The molecule has 0 saturated carbocycles. The van der Waals surface area contributed by atoms with Crippen LogP contribution in [-0.4, -0.2) is 21.9 Å². The van der Waals surface area contributed by atoms with Crippen molar-refractivity contribution in [1.82, 2.24) is 14.8 Å². The first-order chi connectivity index (χ1) is 7.22. The van der Waals surface area contributed by atoms with Gasteiger partial charge in [0.05, 0.1) is 18.4 Å². The summed E-state index contributed by atoms with van der Waals surface area (Å²) in [6.45, 7) is 0. The highest BCUT2D eigenvalue weighted by Crippen LogP contribution is 2.32. The van der Waals surface area contributed by atoms with E-state index in [1.807, 2.05) is 19.2 Å². The number of aromatic nitrogens is 3. The number of benzene rings is 1. The number of aryl methyl sites for hydroxylation is 1. The van der Waals surface area contributed by atoms with Gasteiger partial charge in [-0.25, -0.2) is 4.98 Å². The lowest BCUT2D eigenvalue weighted by Gasteiger charge is -2.07. The van der Waals surface area contributed by atoms with Crippen LogP contribution in [0.15, 0.2) is 24.5 Å². The molecule has 0 aliphatic rings. The van der Waals surface area contributed by atoms with Gasteiger partial charge in [-0.05, 0) is 12.1 Å². The zero-order chi connectivity index (χ0) is 10.8. The second kappa shape index (κ2) is 3.61. The van der Waals surface area contributed by atoms with Crippen LogP contribution >= 0.6 is 0 Å². The van der Waals surface area contributed by atoms with E-state index in [-0.39, 0.29) is 0 Å². The normalized spacial score (nSPS) is 10.3. The lowest BCUT2D eigenvalue weighted by Crippen LogP contribution is -1.96. The zero-order valence-electron chi connectivity index (χ0n) is 8.64. The van der Waals surface area contributed by atoms with Crippen molar-refractivity contribution in [2.24, 2.45) is 7.05 Å². The minimum atomic E-state index is 0.586. The van der Waals surface area contributed by atoms with Gasteiger partial charge in [0.1, 0.15) is 6.33 Å². The first-order valence-electron chi connectivity index (χ1n) is 4.51. The van der Waals surface area contributed by atoms with Gasteiger partial charge in [0.2, 0.25) is 0 Å². The Labute approximate surface area is 87.5 Å². The molecular formula is C10H12N4O. The van der Waals surface area contributed by atoms with E-state index in [9.17, 15) is 0 Å². The Kier molecular flexibility index (Phi) is 2.29. The van der Waals surface area contributed by atoms with Gasteiger partial charge >= 0.3 is 0 Å². The average molecular weight is 204 g/mol. The first kappa shape index (κ1) is 9.51.